The van der Waals surface area contributed by atoms with Crippen molar-refractivity contribution in [2.45, 2.75) is 75.6 Å². The lowest BCUT2D eigenvalue weighted by Crippen LogP contribution is -2.51. The van der Waals surface area contributed by atoms with E-state index in [0.29, 0.717) is 30.6 Å². The summed E-state index contributed by atoms with van der Waals surface area (Å²) in [4.78, 5) is 15.7. The van der Waals surface area contributed by atoms with Gasteiger partial charge in [-0.2, -0.15) is 0 Å². The third-order valence-corrected chi connectivity index (χ3v) is 11.7. The maximum absolute atomic E-state index is 13.3. The topological polar surface area (TPSA) is 94.2 Å². The van der Waals surface area contributed by atoms with Crippen molar-refractivity contribution in [2.24, 2.45) is 11.8 Å². The van der Waals surface area contributed by atoms with Crippen LogP contribution in [0.2, 0.25) is 5.02 Å². The molecule has 3 aliphatic heterocycles. The van der Waals surface area contributed by atoms with Crippen molar-refractivity contribution in [3.05, 3.63) is 58.1 Å². The van der Waals surface area contributed by atoms with E-state index in [9.17, 15) is 13.2 Å². The third-order valence-electron chi connectivity index (χ3n) is 10.1. The Hall–Kier alpha value is -2.33. The average molecular weight is 615 g/mol. The molecule has 0 radical (unpaired) electrons. The van der Waals surface area contributed by atoms with Gasteiger partial charge in [-0.1, -0.05) is 17.7 Å². The molecule has 4 bridgehead atoms. The molecule has 8 nitrogen and oxygen atoms in total. The number of amides is 1. The van der Waals surface area contributed by atoms with E-state index >= 15 is 0 Å². The van der Waals surface area contributed by atoms with Crippen LogP contribution in [0.25, 0.3) is 0 Å². The molecule has 1 saturated heterocycles. The van der Waals surface area contributed by atoms with Crippen molar-refractivity contribution in [2.75, 3.05) is 37.0 Å². The van der Waals surface area contributed by atoms with Crippen LogP contribution in [0.15, 0.2) is 36.4 Å². The number of sulfonamides is 1. The smallest absolute Gasteiger partial charge is 0.264 e. The second-order valence-electron chi connectivity index (χ2n) is 13.0. The molecule has 1 unspecified atom stereocenters. The number of carbonyl (C=O) groups is 1. The van der Waals surface area contributed by atoms with Crippen LogP contribution in [0.3, 0.4) is 0 Å². The van der Waals surface area contributed by atoms with E-state index in [2.05, 4.69) is 21.8 Å². The first-order valence-electron chi connectivity index (χ1n) is 15.3. The lowest BCUT2D eigenvalue weighted by Gasteiger charge is -2.48. The number of hydrogen-bond donors (Lipinski definition) is 1. The average Bonchev–Trinajstić information content (AvgIpc) is 3.07. The van der Waals surface area contributed by atoms with Crippen LogP contribution < -0.4 is 14.4 Å². The summed E-state index contributed by atoms with van der Waals surface area (Å²) in [6, 6.07) is 11.5. The first-order chi connectivity index (χ1) is 20.2. The van der Waals surface area contributed by atoms with Gasteiger partial charge in [-0.3, -0.25) is 4.79 Å². The lowest BCUT2D eigenvalue weighted by atomic mass is 9.67. The number of aryl methyl sites for hydroxylation is 1. The molecule has 6 atom stereocenters. The molecule has 1 amide bonds. The van der Waals surface area contributed by atoms with Crippen molar-refractivity contribution in [1.29, 1.82) is 0 Å². The highest BCUT2D eigenvalue weighted by molar-refractivity contribution is 7.90. The summed E-state index contributed by atoms with van der Waals surface area (Å²) in [7, 11) is -3.91. The van der Waals surface area contributed by atoms with Crippen molar-refractivity contribution in [3.8, 4) is 5.75 Å². The Morgan fingerprint density at radius 2 is 2.00 bits per heavy atom. The molecule has 2 aliphatic carbocycles. The summed E-state index contributed by atoms with van der Waals surface area (Å²) in [6.07, 6.45) is 6.28. The standard InChI is InChI=1S/C32H39ClN2O6S/c1-20-17-42(37,38)34-31(36)22-5-9-29-28(14-22)35(16-23-4-7-26(23)30-15-25(41-20)10-12-39-30)18-32(19-40-29)11-2-3-21-13-24(33)6-8-27(21)32/h5-6,8-9,13-14,20,23,25-26,30H,2-4,7,10-12,15-19H2,1H3,(H,34,36)/t20?,23-,25-,26+,30-,32-/m0/s1. The summed E-state index contributed by atoms with van der Waals surface area (Å²) in [5.74, 6) is 0.657. The van der Waals surface area contributed by atoms with Crippen molar-refractivity contribution < 1.29 is 27.4 Å². The zero-order valence-corrected chi connectivity index (χ0v) is 25.6. The van der Waals surface area contributed by atoms with Crippen LogP contribution in [0.4, 0.5) is 5.69 Å². The Kier molecular flexibility index (Phi) is 7.44. The number of nitrogens with zero attached hydrogens (tertiary/aromatic N) is 1. The van der Waals surface area contributed by atoms with E-state index < -0.39 is 22.0 Å². The lowest BCUT2D eigenvalue weighted by molar-refractivity contribution is -0.126. The maximum atomic E-state index is 13.3. The van der Waals surface area contributed by atoms with Crippen molar-refractivity contribution in [1.82, 2.24) is 4.72 Å². The van der Waals surface area contributed by atoms with Gasteiger partial charge in [0.15, 0.2) is 0 Å². The molecule has 42 heavy (non-hydrogen) atoms. The monoisotopic (exact) mass is 614 g/mol. The van der Waals surface area contributed by atoms with Crippen LogP contribution in [0, 0.1) is 11.8 Å². The van der Waals surface area contributed by atoms with Crippen LogP contribution in [-0.4, -0.2) is 64.7 Å². The highest BCUT2D eigenvalue weighted by Crippen LogP contribution is 2.47. The van der Waals surface area contributed by atoms with Crippen molar-refractivity contribution in [3.63, 3.8) is 0 Å². The SMILES string of the molecule is CC1CS(=O)(=O)NC(=O)c2ccc3c(c2)N(C[C@@H]2CC[C@H]2[C@@H]2C[C@H](CCO2)O1)C[C@@]1(CCCc2cc(Cl)ccc21)CO3. The Balaban J connectivity index is 1.29. The minimum absolute atomic E-state index is 0.0569. The van der Waals surface area contributed by atoms with Gasteiger partial charge in [-0.25, -0.2) is 13.1 Å². The van der Waals surface area contributed by atoms with Crippen LogP contribution in [-0.2, 0) is 31.3 Å². The van der Waals surface area contributed by atoms with Gasteiger partial charge in [0.25, 0.3) is 5.91 Å². The second-order valence-corrected chi connectivity index (χ2v) is 15.2. The molecule has 2 fully saturated rings. The van der Waals surface area contributed by atoms with E-state index in [1.807, 2.05) is 12.1 Å². The fourth-order valence-electron chi connectivity index (χ4n) is 7.99. The molecule has 1 saturated carbocycles. The molecule has 3 heterocycles. The number of carbonyl (C=O) groups excluding carboxylic acids is 1. The number of hydrogen-bond acceptors (Lipinski definition) is 7. The predicted molar refractivity (Wildman–Crippen MR) is 161 cm³/mol. The first kappa shape index (κ1) is 28.4. The van der Waals surface area contributed by atoms with Gasteiger partial charge >= 0.3 is 0 Å². The molecule has 0 aromatic heterocycles. The van der Waals surface area contributed by atoms with E-state index in [4.69, 9.17) is 25.8 Å². The quantitative estimate of drug-likeness (QED) is 0.453. The van der Waals surface area contributed by atoms with E-state index in [-0.39, 0.29) is 23.4 Å². The zero-order chi connectivity index (χ0) is 29.1. The largest absolute Gasteiger partial charge is 0.490 e. The predicted octanol–water partition coefficient (Wildman–Crippen LogP) is 4.87. The number of nitrogens with one attached hydrogen (secondary N) is 1. The Labute approximate surface area is 253 Å². The summed E-state index contributed by atoms with van der Waals surface area (Å²) in [5, 5.41) is 0.751. The van der Waals surface area contributed by atoms with Gasteiger partial charge in [0.05, 0.1) is 36.4 Å². The van der Waals surface area contributed by atoms with E-state index in [1.165, 1.54) is 11.1 Å². The summed E-state index contributed by atoms with van der Waals surface area (Å²) in [6.45, 7) is 4.46. The first-order valence-corrected chi connectivity index (χ1v) is 17.3. The summed E-state index contributed by atoms with van der Waals surface area (Å²) < 4.78 is 47.3. The molecule has 2 aromatic rings. The normalized spacial score (nSPS) is 34.2. The van der Waals surface area contributed by atoms with Crippen LogP contribution in [0.5, 0.6) is 5.75 Å². The van der Waals surface area contributed by atoms with Gasteiger partial charge in [0.1, 0.15) is 5.75 Å². The summed E-state index contributed by atoms with van der Waals surface area (Å²) in [5.41, 5.74) is 3.48. The Morgan fingerprint density at radius 3 is 2.83 bits per heavy atom. The highest BCUT2D eigenvalue weighted by atomic mass is 35.5. The Morgan fingerprint density at radius 1 is 1.12 bits per heavy atom. The van der Waals surface area contributed by atoms with Gasteiger partial charge in [0, 0.05) is 42.1 Å². The molecule has 1 spiro atoms. The van der Waals surface area contributed by atoms with Gasteiger partial charge in [-0.15, -0.1) is 0 Å². The molecule has 226 valence electrons. The number of fused-ring (bicyclic) bond motifs is 7. The molecular weight excluding hydrogens is 576 g/mol. The minimum atomic E-state index is -3.91. The molecule has 2 aromatic carbocycles. The molecular formula is C32H39ClN2O6S. The van der Waals surface area contributed by atoms with Crippen molar-refractivity contribution >= 4 is 33.2 Å². The van der Waals surface area contributed by atoms with Gasteiger partial charge < -0.3 is 19.1 Å². The maximum Gasteiger partial charge on any atom is 0.264 e. The van der Waals surface area contributed by atoms with Gasteiger partial charge in [-0.05, 0) is 98.7 Å². The molecule has 7 rings (SSSR count). The Bertz CT molecular complexity index is 1480. The number of benzene rings is 2. The zero-order valence-electron chi connectivity index (χ0n) is 24.0. The van der Waals surface area contributed by atoms with Gasteiger partial charge in [0.2, 0.25) is 10.0 Å². The summed E-state index contributed by atoms with van der Waals surface area (Å²) >= 11 is 6.41. The number of ether oxygens (including phenoxy) is 3. The highest BCUT2D eigenvalue weighted by Gasteiger charge is 2.45. The fourth-order valence-corrected chi connectivity index (χ4v) is 9.36. The van der Waals surface area contributed by atoms with Crippen LogP contribution >= 0.6 is 11.6 Å². The van der Waals surface area contributed by atoms with E-state index in [1.54, 1.807) is 19.1 Å². The number of anilines is 1. The number of halogens is 1. The van der Waals surface area contributed by atoms with E-state index in [0.717, 1.165) is 74.5 Å². The molecule has 1 N–H and O–H groups in total. The molecule has 10 heteroatoms. The van der Waals surface area contributed by atoms with Crippen LogP contribution in [0.1, 0.15) is 66.9 Å². The third kappa shape index (κ3) is 5.42. The second kappa shape index (κ2) is 11.0. The number of rotatable bonds is 0. The molecule has 5 aliphatic rings. The fraction of sp³-hybridized carbons (Fsp3) is 0.594. The minimum Gasteiger partial charge on any atom is -0.490 e.